The fourth-order valence-corrected chi connectivity index (χ4v) is 3.67. The lowest BCUT2D eigenvalue weighted by atomic mass is 10.0. The number of nitro groups is 1. The molecule has 2 aromatic carbocycles. The molecular formula is C21H17F4N5O3. The highest BCUT2D eigenvalue weighted by Gasteiger charge is 2.39. The van der Waals surface area contributed by atoms with E-state index in [1.165, 1.54) is 31.6 Å². The molecule has 0 fully saturated rings. The maximum Gasteiger partial charge on any atom is 0.423 e. The van der Waals surface area contributed by atoms with Gasteiger partial charge in [0.2, 0.25) is 0 Å². The molecule has 0 aliphatic carbocycles. The number of fused-ring (bicyclic) bond motifs is 1. The number of nitrogens with zero attached hydrogens (tertiary/aromatic N) is 4. The highest BCUT2D eigenvalue weighted by Crippen LogP contribution is 2.39. The summed E-state index contributed by atoms with van der Waals surface area (Å²) >= 11 is 0. The fourth-order valence-electron chi connectivity index (χ4n) is 3.67. The van der Waals surface area contributed by atoms with E-state index in [1.54, 1.807) is 11.0 Å². The van der Waals surface area contributed by atoms with Crippen LogP contribution in [0.4, 0.5) is 40.4 Å². The van der Waals surface area contributed by atoms with Crippen LogP contribution in [0.25, 0.3) is 0 Å². The van der Waals surface area contributed by atoms with Crippen molar-refractivity contribution in [2.24, 2.45) is 0 Å². The molecule has 33 heavy (non-hydrogen) atoms. The Morgan fingerprint density at radius 1 is 1.18 bits per heavy atom. The van der Waals surface area contributed by atoms with Gasteiger partial charge in [-0.3, -0.25) is 10.1 Å². The van der Waals surface area contributed by atoms with Crippen LogP contribution < -0.4 is 15.0 Å². The van der Waals surface area contributed by atoms with Crippen LogP contribution >= 0.6 is 0 Å². The lowest BCUT2D eigenvalue weighted by Gasteiger charge is -2.31. The second-order valence-electron chi connectivity index (χ2n) is 7.25. The first-order valence-electron chi connectivity index (χ1n) is 9.71. The largest absolute Gasteiger partial charge is 0.494 e. The first-order chi connectivity index (χ1) is 15.7. The van der Waals surface area contributed by atoms with E-state index in [0.29, 0.717) is 30.2 Å². The maximum atomic E-state index is 14.0. The monoisotopic (exact) mass is 463 g/mol. The molecule has 0 saturated carbocycles. The van der Waals surface area contributed by atoms with Crippen LogP contribution in [0.2, 0.25) is 0 Å². The summed E-state index contributed by atoms with van der Waals surface area (Å²) in [5.41, 5.74) is -0.320. The Kier molecular flexibility index (Phi) is 5.75. The zero-order valence-corrected chi connectivity index (χ0v) is 17.2. The number of anilines is 3. The Morgan fingerprint density at radius 3 is 2.64 bits per heavy atom. The van der Waals surface area contributed by atoms with Crippen molar-refractivity contribution in [1.29, 1.82) is 0 Å². The smallest absolute Gasteiger partial charge is 0.423 e. The summed E-state index contributed by atoms with van der Waals surface area (Å²) in [7, 11) is 1.36. The van der Waals surface area contributed by atoms with Gasteiger partial charge in [0.1, 0.15) is 17.7 Å². The normalized spacial score (nSPS) is 13.4. The molecule has 1 aliphatic heterocycles. The lowest BCUT2D eigenvalue weighted by Crippen LogP contribution is -2.32. The highest BCUT2D eigenvalue weighted by molar-refractivity contribution is 5.63. The van der Waals surface area contributed by atoms with Crippen LogP contribution in [0.15, 0.2) is 42.7 Å². The number of ether oxygens (including phenoxy) is 1. The standard InChI is InChI=1S/C21H17F4N5O3/c1-33-19-5-2-12(8-16(19)22)28-20-14-6-7-29(10-17(14)26-11-27-20)13-3-4-18(30(31)32)15(9-13)21(23,24)25/h2-5,8-9,11H,6-7,10H2,1H3,(H,26,27,28). The minimum Gasteiger partial charge on any atom is -0.494 e. The Bertz CT molecular complexity index is 1220. The molecule has 1 aliphatic rings. The molecule has 0 bridgehead atoms. The van der Waals surface area contributed by atoms with Crippen molar-refractivity contribution in [3.8, 4) is 5.75 Å². The molecule has 8 nitrogen and oxygen atoms in total. The van der Waals surface area contributed by atoms with Crippen molar-refractivity contribution in [1.82, 2.24) is 9.97 Å². The van der Waals surface area contributed by atoms with Gasteiger partial charge in [0.05, 0.1) is 24.3 Å². The van der Waals surface area contributed by atoms with Crippen LogP contribution in [-0.4, -0.2) is 28.5 Å². The van der Waals surface area contributed by atoms with Crippen LogP contribution in [0.5, 0.6) is 5.75 Å². The number of nitro benzene ring substituents is 1. The minimum atomic E-state index is -4.86. The molecule has 0 saturated heterocycles. The van der Waals surface area contributed by atoms with Gasteiger partial charge in [-0.05, 0) is 30.7 Å². The van der Waals surface area contributed by atoms with Crippen molar-refractivity contribution in [2.75, 3.05) is 23.9 Å². The Labute approximate surface area is 185 Å². The van der Waals surface area contributed by atoms with Crippen LogP contribution in [0.1, 0.15) is 16.8 Å². The molecule has 3 aromatic rings. The zero-order valence-electron chi connectivity index (χ0n) is 17.2. The van der Waals surface area contributed by atoms with Crippen LogP contribution in [0.3, 0.4) is 0 Å². The van der Waals surface area contributed by atoms with E-state index >= 15 is 0 Å². The molecule has 172 valence electrons. The zero-order chi connectivity index (χ0) is 23.8. The molecule has 1 N–H and O–H groups in total. The summed E-state index contributed by atoms with van der Waals surface area (Å²) in [6, 6.07) is 7.29. The third-order valence-corrected chi connectivity index (χ3v) is 5.27. The first-order valence-corrected chi connectivity index (χ1v) is 9.71. The lowest BCUT2D eigenvalue weighted by molar-refractivity contribution is -0.388. The molecular weight excluding hydrogens is 446 g/mol. The minimum absolute atomic E-state index is 0.0993. The van der Waals surface area contributed by atoms with Crippen molar-refractivity contribution in [2.45, 2.75) is 19.1 Å². The summed E-state index contributed by atoms with van der Waals surface area (Å²) in [6.07, 6.45) is -3.16. The number of alkyl halides is 3. The molecule has 12 heteroatoms. The van der Waals surface area contributed by atoms with Gasteiger partial charge in [0.15, 0.2) is 11.6 Å². The quantitative estimate of drug-likeness (QED) is 0.328. The second-order valence-corrected chi connectivity index (χ2v) is 7.25. The second kappa shape index (κ2) is 8.52. The summed E-state index contributed by atoms with van der Waals surface area (Å²) < 4.78 is 58.9. The molecule has 0 amide bonds. The average molecular weight is 463 g/mol. The number of methoxy groups -OCH3 is 1. The van der Waals surface area contributed by atoms with Gasteiger partial charge in [-0.1, -0.05) is 0 Å². The first kappa shape index (κ1) is 22.2. The van der Waals surface area contributed by atoms with Gasteiger partial charge in [-0.2, -0.15) is 13.2 Å². The predicted octanol–water partition coefficient (Wildman–Crippen LogP) is 4.86. The van der Waals surface area contributed by atoms with E-state index in [0.717, 1.165) is 17.7 Å². The number of benzene rings is 2. The summed E-state index contributed by atoms with van der Waals surface area (Å²) in [4.78, 5) is 20.1. The van der Waals surface area contributed by atoms with E-state index in [4.69, 9.17) is 4.74 Å². The molecule has 0 radical (unpaired) electrons. The van der Waals surface area contributed by atoms with Gasteiger partial charge < -0.3 is 15.0 Å². The van der Waals surface area contributed by atoms with E-state index in [9.17, 15) is 27.7 Å². The molecule has 0 unspecified atom stereocenters. The van der Waals surface area contributed by atoms with E-state index in [1.807, 2.05) is 0 Å². The van der Waals surface area contributed by atoms with Crippen molar-refractivity contribution in [3.63, 3.8) is 0 Å². The van der Waals surface area contributed by atoms with E-state index in [2.05, 4.69) is 15.3 Å². The topological polar surface area (TPSA) is 93.4 Å². The fraction of sp³-hybridized carbons (Fsp3) is 0.238. The van der Waals surface area contributed by atoms with Gasteiger partial charge in [0.25, 0.3) is 5.69 Å². The Morgan fingerprint density at radius 2 is 1.97 bits per heavy atom. The van der Waals surface area contributed by atoms with Gasteiger partial charge in [-0.25, -0.2) is 14.4 Å². The van der Waals surface area contributed by atoms with E-state index in [-0.39, 0.29) is 18.0 Å². The molecule has 2 heterocycles. The van der Waals surface area contributed by atoms with Gasteiger partial charge >= 0.3 is 6.18 Å². The summed E-state index contributed by atoms with van der Waals surface area (Å²) in [5, 5.41) is 14.0. The number of nitrogens with one attached hydrogen (secondary N) is 1. The summed E-state index contributed by atoms with van der Waals surface area (Å²) in [5.74, 6) is 0.0152. The van der Waals surface area contributed by atoms with Crippen molar-refractivity contribution in [3.05, 3.63) is 75.5 Å². The number of halogens is 4. The number of rotatable bonds is 5. The molecule has 0 spiro atoms. The maximum absolute atomic E-state index is 14.0. The Hall–Kier alpha value is -3.96. The number of aromatic nitrogens is 2. The molecule has 1 aromatic heterocycles. The highest BCUT2D eigenvalue weighted by atomic mass is 19.4. The molecule has 4 rings (SSSR count). The van der Waals surface area contributed by atoms with Gasteiger partial charge in [0, 0.05) is 35.6 Å². The number of hydrogen-bond acceptors (Lipinski definition) is 7. The van der Waals surface area contributed by atoms with Crippen LogP contribution in [-0.2, 0) is 19.1 Å². The number of hydrogen-bond donors (Lipinski definition) is 1. The third-order valence-electron chi connectivity index (χ3n) is 5.27. The predicted molar refractivity (Wildman–Crippen MR) is 111 cm³/mol. The molecule has 0 atom stereocenters. The van der Waals surface area contributed by atoms with Gasteiger partial charge in [-0.15, -0.1) is 0 Å². The van der Waals surface area contributed by atoms with Crippen molar-refractivity contribution >= 4 is 22.9 Å². The average Bonchev–Trinajstić information content (AvgIpc) is 2.78. The van der Waals surface area contributed by atoms with Crippen molar-refractivity contribution < 1.29 is 27.2 Å². The Balaban J connectivity index is 1.60. The SMILES string of the molecule is COc1ccc(Nc2ncnc3c2CCN(c2ccc([N+](=O)[O-])c(C(F)(F)F)c2)C3)cc1F. The third kappa shape index (κ3) is 4.49. The summed E-state index contributed by atoms with van der Waals surface area (Å²) in [6.45, 7) is 0.514. The van der Waals surface area contributed by atoms with Crippen LogP contribution in [0, 0.1) is 15.9 Å². The van der Waals surface area contributed by atoms with E-state index < -0.39 is 28.2 Å².